The molecule has 0 saturated heterocycles. The quantitative estimate of drug-likeness (QED) is 0.333. The molecule has 0 aliphatic carbocycles. The van der Waals surface area contributed by atoms with Crippen molar-refractivity contribution in [2.75, 3.05) is 5.32 Å². The Bertz CT molecular complexity index is 1290. The van der Waals surface area contributed by atoms with Gasteiger partial charge in [-0.05, 0) is 60.2 Å². The average molecular weight is 480 g/mol. The fourth-order valence-electron chi connectivity index (χ4n) is 2.96. The maximum absolute atomic E-state index is 12.7. The van der Waals surface area contributed by atoms with Gasteiger partial charge in [0.25, 0.3) is 5.91 Å². The van der Waals surface area contributed by atoms with E-state index in [2.05, 4.69) is 15.5 Å². The predicted molar refractivity (Wildman–Crippen MR) is 116 cm³/mol. The summed E-state index contributed by atoms with van der Waals surface area (Å²) in [6.07, 6.45) is -4.47. The number of benzene rings is 3. The van der Waals surface area contributed by atoms with Crippen LogP contribution < -0.4 is 10.1 Å². The third-order valence-electron chi connectivity index (χ3n) is 4.63. The van der Waals surface area contributed by atoms with Gasteiger partial charge in [-0.3, -0.25) is 9.89 Å². The second-order valence-electron chi connectivity index (χ2n) is 6.85. The molecule has 1 heterocycles. The number of carbonyl (C=O) groups excluding carboxylic acids is 1. The normalized spacial score (nSPS) is 11.5. The molecule has 4 aromatic rings. The number of aromatic amines is 1. The minimum atomic E-state index is -4.47. The van der Waals surface area contributed by atoms with Gasteiger partial charge in [0.1, 0.15) is 12.4 Å². The number of nitrogens with one attached hydrogen (secondary N) is 2. The summed E-state index contributed by atoms with van der Waals surface area (Å²) in [5.74, 6) is 0.161. The summed E-state index contributed by atoms with van der Waals surface area (Å²) in [6.45, 7) is 0.244. The largest absolute Gasteiger partial charge is 0.489 e. The summed E-state index contributed by atoms with van der Waals surface area (Å²) < 4.78 is 43.9. The van der Waals surface area contributed by atoms with E-state index in [1.165, 1.54) is 0 Å². The molecule has 0 saturated carbocycles. The van der Waals surface area contributed by atoms with Crippen LogP contribution >= 0.6 is 23.2 Å². The number of alkyl halides is 3. The van der Waals surface area contributed by atoms with Crippen molar-refractivity contribution in [2.45, 2.75) is 12.8 Å². The van der Waals surface area contributed by atoms with Gasteiger partial charge in [-0.2, -0.15) is 18.3 Å². The highest BCUT2D eigenvalue weighted by Gasteiger charge is 2.30. The molecule has 1 aromatic heterocycles. The summed E-state index contributed by atoms with van der Waals surface area (Å²) in [5.41, 5.74) is 0.710. The smallest absolute Gasteiger partial charge is 0.416 e. The van der Waals surface area contributed by atoms with E-state index in [-0.39, 0.29) is 18.0 Å². The monoisotopic (exact) mass is 479 g/mol. The number of halogens is 5. The molecular formula is C22H14Cl2F3N3O2. The number of ether oxygens (including phenoxy) is 1. The highest BCUT2D eigenvalue weighted by Crippen LogP contribution is 2.30. The minimum absolute atomic E-state index is 0.0705. The highest BCUT2D eigenvalue weighted by molar-refractivity contribution is 6.42. The van der Waals surface area contributed by atoms with Crippen LogP contribution in [0, 0.1) is 0 Å². The van der Waals surface area contributed by atoms with Crippen LogP contribution in [0.3, 0.4) is 0 Å². The first kappa shape index (κ1) is 22.0. The molecule has 0 bridgehead atoms. The third kappa shape index (κ3) is 4.81. The maximum atomic E-state index is 12.7. The summed E-state index contributed by atoms with van der Waals surface area (Å²) in [4.78, 5) is 12.5. The van der Waals surface area contributed by atoms with Crippen molar-refractivity contribution in [3.8, 4) is 5.75 Å². The van der Waals surface area contributed by atoms with Crippen molar-refractivity contribution >= 4 is 45.8 Å². The van der Waals surface area contributed by atoms with Crippen LogP contribution in [0.1, 0.15) is 21.5 Å². The minimum Gasteiger partial charge on any atom is -0.489 e. The highest BCUT2D eigenvalue weighted by atomic mass is 35.5. The van der Waals surface area contributed by atoms with Gasteiger partial charge >= 0.3 is 6.18 Å². The lowest BCUT2D eigenvalue weighted by Gasteiger charge is -2.09. The molecule has 0 aliphatic rings. The second kappa shape index (κ2) is 8.72. The fraction of sp³-hybridized carbons (Fsp3) is 0.0909. The summed E-state index contributed by atoms with van der Waals surface area (Å²) in [6, 6.07) is 14.3. The van der Waals surface area contributed by atoms with E-state index in [1.54, 1.807) is 36.4 Å². The van der Waals surface area contributed by atoms with Gasteiger partial charge in [0.05, 0.1) is 21.1 Å². The Morgan fingerprint density at radius 3 is 2.44 bits per heavy atom. The Balaban J connectivity index is 1.49. The number of fused-ring (bicyclic) bond motifs is 1. The molecule has 0 unspecified atom stereocenters. The molecule has 5 nitrogen and oxygen atoms in total. The number of amides is 1. The molecule has 10 heteroatoms. The molecule has 3 aromatic carbocycles. The molecule has 0 fully saturated rings. The topological polar surface area (TPSA) is 67.0 Å². The van der Waals surface area contributed by atoms with Crippen LogP contribution in [0.15, 0.2) is 60.7 Å². The van der Waals surface area contributed by atoms with Crippen molar-refractivity contribution in [3.05, 3.63) is 87.4 Å². The Morgan fingerprint density at radius 1 is 1.00 bits per heavy atom. The van der Waals surface area contributed by atoms with Crippen LogP contribution in [-0.2, 0) is 12.8 Å². The molecule has 32 heavy (non-hydrogen) atoms. The van der Waals surface area contributed by atoms with E-state index >= 15 is 0 Å². The summed E-state index contributed by atoms with van der Waals surface area (Å²) in [7, 11) is 0. The molecule has 0 radical (unpaired) electrons. The van der Waals surface area contributed by atoms with E-state index in [0.29, 0.717) is 26.7 Å². The number of nitrogens with zero attached hydrogens (tertiary/aromatic N) is 1. The number of anilines is 1. The van der Waals surface area contributed by atoms with Crippen molar-refractivity contribution in [2.24, 2.45) is 0 Å². The number of hydrogen-bond acceptors (Lipinski definition) is 3. The second-order valence-corrected chi connectivity index (χ2v) is 7.66. The first-order valence-electron chi connectivity index (χ1n) is 9.24. The predicted octanol–water partition coefficient (Wildman–Crippen LogP) is 6.72. The Hall–Kier alpha value is -3.23. The van der Waals surface area contributed by atoms with E-state index in [1.807, 2.05) is 0 Å². The van der Waals surface area contributed by atoms with Crippen molar-refractivity contribution < 1.29 is 22.7 Å². The summed E-state index contributed by atoms with van der Waals surface area (Å²) in [5, 5.41) is 10.9. The van der Waals surface area contributed by atoms with E-state index in [9.17, 15) is 18.0 Å². The SMILES string of the molecule is O=C(Nc1n[nH]c2ccc(OCc3ccc(Cl)c(Cl)c3)cc12)c1ccc(C(F)(F)F)cc1. The van der Waals surface area contributed by atoms with Crippen molar-refractivity contribution in [3.63, 3.8) is 0 Å². The number of hydrogen-bond donors (Lipinski definition) is 2. The molecule has 0 spiro atoms. The van der Waals surface area contributed by atoms with Gasteiger partial charge in [-0.15, -0.1) is 0 Å². The van der Waals surface area contributed by atoms with E-state index in [0.717, 1.165) is 29.8 Å². The van der Waals surface area contributed by atoms with Gasteiger partial charge in [0, 0.05) is 10.9 Å². The van der Waals surface area contributed by atoms with Crippen LogP contribution in [0.25, 0.3) is 10.9 Å². The van der Waals surface area contributed by atoms with Crippen molar-refractivity contribution in [1.29, 1.82) is 0 Å². The fourth-order valence-corrected chi connectivity index (χ4v) is 3.29. The Morgan fingerprint density at radius 2 is 1.75 bits per heavy atom. The van der Waals surface area contributed by atoms with E-state index < -0.39 is 17.6 Å². The zero-order valence-electron chi connectivity index (χ0n) is 16.1. The lowest BCUT2D eigenvalue weighted by Crippen LogP contribution is -2.13. The lowest BCUT2D eigenvalue weighted by molar-refractivity contribution is -0.137. The van der Waals surface area contributed by atoms with Crippen LogP contribution in [0.2, 0.25) is 10.0 Å². The molecule has 1 amide bonds. The first-order chi connectivity index (χ1) is 15.2. The van der Waals surface area contributed by atoms with Gasteiger partial charge in [-0.25, -0.2) is 0 Å². The first-order valence-corrected chi connectivity index (χ1v) is 10.00. The van der Waals surface area contributed by atoms with Gasteiger partial charge in [0.2, 0.25) is 0 Å². The lowest BCUT2D eigenvalue weighted by atomic mass is 10.1. The number of H-pyrrole nitrogens is 1. The Labute approximate surface area is 190 Å². The molecular weight excluding hydrogens is 466 g/mol. The standard InChI is InChI=1S/C22H14Cl2F3N3O2/c23-17-7-1-12(9-18(17)24)11-32-15-6-8-19-16(10-15)20(30-29-19)28-21(31)13-2-4-14(5-3-13)22(25,26)27/h1-10H,11H2,(H2,28,29,30,31). The molecule has 0 aliphatic heterocycles. The summed E-state index contributed by atoms with van der Waals surface area (Å²) >= 11 is 11.9. The molecule has 164 valence electrons. The molecule has 2 N–H and O–H groups in total. The van der Waals surface area contributed by atoms with E-state index in [4.69, 9.17) is 27.9 Å². The average Bonchev–Trinajstić information content (AvgIpc) is 3.16. The van der Waals surface area contributed by atoms with Gasteiger partial charge in [-0.1, -0.05) is 29.3 Å². The van der Waals surface area contributed by atoms with Crippen LogP contribution in [0.5, 0.6) is 5.75 Å². The van der Waals surface area contributed by atoms with Gasteiger partial charge < -0.3 is 10.1 Å². The maximum Gasteiger partial charge on any atom is 0.416 e. The zero-order chi connectivity index (χ0) is 22.9. The van der Waals surface area contributed by atoms with Gasteiger partial charge in [0.15, 0.2) is 5.82 Å². The Kier molecular flexibility index (Phi) is 5.99. The number of rotatable bonds is 5. The number of carbonyl (C=O) groups is 1. The molecule has 4 rings (SSSR count). The van der Waals surface area contributed by atoms with Crippen LogP contribution in [-0.4, -0.2) is 16.1 Å². The number of aromatic nitrogens is 2. The molecule has 0 atom stereocenters. The van der Waals surface area contributed by atoms with Crippen molar-refractivity contribution in [1.82, 2.24) is 10.2 Å². The van der Waals surface area contributed by atoms with Crippen LogP contribution in [0.4, 0.5) is 19.0 Å². The zero-order valence-corrected chi connectivity index (χ0v) is 17.6. The third-order valence-corrected chi connectivity index (χ3v) is 5.37.